The van der Waals surface area contributed by atoms with Crippen LogP contribution in [0.1, 0.15) is 11.1 Å². The summed E-state index contributed by atoms with van der Waals surface area (Å²) in [6.07, 6.45) is 1.84. The molecule has 7 nitrogen and oxygen atoms in total. The van der Waals surface area contributed by atoms with Crippen LogP contribution in [0.4, 0.5) is 5.69 Å². The molecule has 1 aromatic heterocycles. The van der Waals surface area contributed by atoms with E-state index in [1.165, 1.54) is 40.9 Å². The van der Waals surface area contributed by atoms with E-state index in [2.05, 4.69) is 0 Å². The maximum absolute atomic E-state index is 12.4. The molecule has 0 unspecified atom stereocenters. The van der Waals surface area contributed by atoms with Gasteiger partial charge in [-0.05, 0) is 46.2 Å². The van der Waals surface area contributed by atoms with Gasteiger partial charge in [0.15, 0.2) is 0 Å². The Morgan fingerprint density at radius 2 is 2.07 bits per heavy atom. The Balaban J connectivity index is 1.38. The van der Waals surface area contributed by atoms with Crippen LogP contribution in [0.25, 0.3) is 6.08 Å². The summed E-state index contributed by atoms with van der Waals surface area (Å²) in [5.41, 5.74) is 2.45. The molecular formula is C18H12N2O5S2. The molecule has 0 bridgehead atoms. The lowest BCUT2D eigenvalue weighted by Gasteiger charge is -2.37. The molecule has 2 aromatic rings. The molecule has 0 spiro atoms. The first-order chi connectivity index (χ1) is 13.0. The monoisotopic (exact) mass is 400 g/mol. The van der Waals surface area contributed by atoms with Gasteiger partial charge >= 0.3 is 5.97 Å². The normalized spacial score (nSPS) is 19.5. The number of fused-ring (bicyclic) bond motifs is 1. The zero-order valence-electron chi connectivity index (χ0n) is 13.7. The third-order valence-corrected chi connectivity index (χ3v) is 5.91. The molecule has 27 heavy (non-hydrogen) atoms. The third kappa shape index (κ3) is 3.26. The number of amides is 1. The molecule has 0 N–H and O–H groups in total. The summed E-state index contributed by atoms with van der Waals surface area (Å²) in [5, 5.41) is 16.0. The van der Waals surface area contributed by atoms with Crippen molar-refractivity contribution in [3.8, 4) is 0 Å². The van der Waals surface area contributed by atoms with Crippen LogP contribution in [0.15, 0.2) is 57.8 Å². The Hall–Kier alpha value is -2.91. The SMILES string of the molecule is O=C(OCc1ccc([N+](=O)[O-])cc1)C1=CS[C@H]2C(=Cc3ccsc3)C(=O)N12. The number of hydrogen-bond donors (Lipinski definition) is 0. The van der Waals surface area contributed by atoms with Crippen LogP contribution in [0, 0.1) is 10.1 Å². The van der Waals surface area contributed by atoms with E-state index in [0.29, 0.717) is 11.1 Å². The summed E-state index contributed by atoms with van der Waals surface area (Å²) < 4.78 is 5.25. The number of non-ortho nitro benzene ring substituents is 1. The van der Waals surface area contributed by atoms with Crippen LogP contribution in [-0.2, 0) is 20.9 Å². The standard InChI is InChI=1S/C18H12N2O5S2/c21-16-14(7-12-5-6-26-9-12)17-19(16)15(10-27-17)18(22)25-8-11-1-3-13(4-2-11)20(23)24/h1-7,9-10,17H,8H2/t17-/m0/s1. The van der Waals surface area contributed by atoms with Crippen molar-refractivity contribution in [2.45, 2.75) is 12.0 Å². The molecule has 2 aliphatic rings. The number of thiophene rings is 1. The summed E-state index contributed by atoms with van der Waals surface area (Å²) >= 11 is 2.95. The predicted molar refractivity (Wildman–Crippen MR) is 101 cm³/mol. The Morgan fingerprint density at radius 3 is 2.74 bits per heavy atom. The van der Waals surface area contributed by atoms with Crippen molar-refractivity contribution in [3.63, 3.8) is 0 Å². The topological polar surface area (TPSA) is 89.7 Å². The van der Waals surface area contributed by atoms with Gasteiger partial charge in [0.1, 0.15) is 17.7 Å². The van der Waals surface area contributed by atoms with E-state index in [1.54, 1.807) is 16.7 Å². The molecule has 1 fully saturated rings. The molecule has 3 heterocycles. The van der Waals surface area contributed by atoms with Crippen molar-refractivity contribution in [1.82, 2.24) is 4.90 Å². The smallest absolute Gasteiger partial charge is 0.355 e. The lowest BCUT2D eigenvalue weighted by Crippen LogP contribution is -2.51. The fourth-order valence-corrected chi connectivity index (χ4v) is 4.46. The van der Waals surface area contributed by atoms with Crippen molar-refractivity contribution < 1.29 is 19.2 Å². The highest BCUT2D eigenvalue weighted by molar-refractivity contribution is 8.03. The number of β-lactam (4-membered cyclic amide) rings is 1. The summed E-state index contributed by atoms with van der Waals surface area (Å²) in [6, 6.07) is 7.69. The number of ether oxygens (including phenoxy) is 1. The van der Waals surface area contributed by atoms with Gasteiger partial charge in [-0.3, -0.25) is 19.8 Å². The van der Waals surface area contributed by atoms with E-state index in [-0.39, 0.29) is 29.3 Å². The lowest BCUT2D eigenvalue weighted by atomic mass is 10.0. The second-order valence-electron chi connectivity index (χ2n) is 5.82. The van der Waals surface area contributed by atoms with E-state index >= 15 is 0 Å². The fourth-order valence-electron chi connectivity index (χ4n) is 2.73. The van der Waals surface area contributed by atoms with Gasteiger partial charge in [-0.25, -0.2) is 4.79 Å². The Kier molecular flexibility index (Phi) is 4.54. The summed E-state index contributed by atoms with van der Waals surface area (Å²) in [6.45, 7) is -0.0247. The number of rotatable bonds is 5. The molecule has 1 aromatic carbocycles. The van der Waals surface area contributed by atoms with E-state index in [0.717, 1.165) is 5.56 Å². The number of nitro benzene ring substituents is 1. The van der Waals surface area contributed by atoms with Crippen molar-refractivity contribution >= 4 is 46.7 Å². The molecule has 2 aliphatic heterocycles. The van der Waals surface area contributed by atoms with E-state index in [4.69, 9.17) is 4.74 Å². The van der Waals surface area contributed by atoms with E-state index < -0.39 is 10.9 Å². The highest BCUT2D eigenvalue weighted by Gasteiger charge is 2.49. The largest absolute Gasteiger partial charge is 0.456 e. The van der Waals surface area contributed by atoms with Gasteiger partial charge in [-0.1, -0.05) is 0 Å². The predicted octanol–water partition coefficient (Wildman–Crippen LogP) is 3.54. The van der Waals surface area contributed by atoms with Gasteiger partial charge in [0.05, 0.1) is 10.5 Å². The van der Waals surface area contributed by atoms with Gasteiger partial charge in [0, 0.05) is 17.5 Å². The fraction of sp³-hybridized carbons (Fsp3) is 0.111. The second-order valence-corrected chi connectivity index (χ2v) is 7.56. The number of hydrogen-bond acceptors (Lipinski definition) is 7. The first-order valence-electron chi connectivity index (χ1n) is 7.88. The van der Waals surface area contributed by atoms with Crippen LogP contribution in [-0.4, -0.2) is 27.1 Å². The van der Waals surface area contributed by atoms with E-state index in [9.17, 15) is 19.7 Å². The number of thioether (sulfide) groups is 1. The number of carbonyl (C=O) groups is 2. The highest BCUT2D eigenvalue weighted by atomic mass is 32.2. The van der Waals surface area contributed by atoms with E-state index in [1.807, 2.05) is 22.9 Å². The maximum atomic E-state index is 12.4. The summed E-state index contributed by atoms with van der Waals surface area (Å²) in [5.74, 6) is -0.791. The Bertz CT molecular complexity index is 980. The molecule has 1 saturated heterocycles. The van der Waals surface area contributed by atoms with Crippen LogP contribution >= 0.6 is 23.1 Å². The summed E-state index contributed by atoms with van der Waals surface area (Å²) in [7, 11) is 0. The van der Waals surface area contributed by atoms with Crippen molar-refractivity contribution in [1.29, 1.82) is 0 Å². The van der Waals surface area contributed by atoms with Gasteiger partial charge in [-0.2, -0.15) is 11.3 Å². The molecule has 9 heteroatoms. The van der Waals surface area contributed by atoms with Crippen LogP contribution in [0.3, 0.4) is 0 Å². The van der Waals surface area contributed by atoms with Crippen molar-refractivity contribution in [3.05, 3.63) is 79.0 Å². The molecule has 0 aliphatic carbocycles. The van der Waals surface area contributed by atoms with Crippen molar-refractivity contribution in [2.24, 2.45) is 0 Å². The number of nitrogens with zero attached hydrogens (tertiary/aromatic N) is 2. The minimum Gasteiger partial charge on any atom is -0.456 e. The molecule has 4 rings (SSSR count). The minimum absolute atomic E-state index is 0.0247. The van der Waals surface area contributed by atoms with Crippen LogP contribution in [0.2, 0.25) is 0 Å². The van der Waals surface area contributed by atoms with Gasteiger partial charge in [0.2, 0.25) is 0 Å². The van der Waals surface area contributed by atoms with Crippen LogP contribution in [0.5, 0.6) is 0 Å². The highest BCUT2D eigenvalue weighted by Crippen LogP contribution is 2.45. The lowest BCUT2D eigenvalue weighted by molar-refractivity contribution is -0.384. The number of nitro groups is 1. The Morgan fingerprint density at radius 1 is 1.30 bits per heavy atom. The summed E-state index contributed by atoms with van der Waals surface area (Å²) in [4.78, 5) is 36.3. The zero-order chi connectivity index (χ0) is 19.0. The Labute approximate surface area is 162 Å². The first-order valence-corrected chi connectivity index (χ1v) is 9.76. The molecule has 0 saturated carbocycles. The third-order valence-electron chi connectivity index (χ3n) is 4.13. The molecule has 0 radical (unpaired) electrons. The van der Waals surface area contributed by atoms with Gasteiger partial charge in [0.25, 0.3) is 11.6 Å². The first kappa shape index (κ1) is 17.5. The molecule has 1 atom stereocenters. The van der Waals surface area contributed by atoms with Gasteiger partial charge in [-0.15, -0.1) is 11.8 Å². The average molecular weight is 400 g/mol. The van der Waals surface area contributed by atoms with Crippen LogP contribution < -0.4 is 0 Å². The number of benzene rings is 1. The molecule has 1 amide bonds. The second kappa shape index (κ2) is 7.01. The van der Waals surface area contributed by atoms with Crippen molar-refractivity contribution in [2.75, 3.05) is 0 Å². The number of carbonyl (C=O) groups excluding carboxylic acids is 2. The molecular weight excluding hydrogens is 388 g/mol. The average Bonchev–Trinajstić information content (AvgIpc) is 3.32. The molecule has 136 valence electrons. The quantitative estimate of drug-likeness (QED) is 0.251. The minimum atomic E-state index is -0.591. The maximum Gasteiger partial charge on any atom is 0.355 e. The zero-order valence-corrected chi connectivity index (χ0v) is 15.4. The number of esters is 1. The van der Waals surface area contributed by atoms with Gasteiger partial charge < -0.3 is 4.74 Å².